The van der Waals surface area contributed by atoms with Gasteiger partial charge >= 0.3 is 5.97 Å². The Morgan fingerprint density at radius 3 is 2.43 bits per heavy atom. The molecule has 0 saturated carbocycles. The number of carboxylic acids is 1. The number of rotatable bonds is 1. The van der Waals surface area contributed by atoms with Crippen molar-refractivity contribution in [3.05, 3.63) is 0 Å². The third-order valence-electron chi connectivity index (χ3n) is 2.53. The zero-order chi connectivity index (χ0) is 10.5. The van der Waals surface area contributed by atoms with Crippen molar-refractivity contribution in [2.45, 2.75) is 51.0 Å². The van der Waals surface area contributed by atoms with E-state index in [1.54, 1.807) is 20.8 Å². The van der Waals surface area contributed by atoms with Crippen LogP contribution in [0.1, 0.15) is 20.8 Å². The molecule has 2 heterocycles. The van der Waals surface area contributed by atoms with Crippen LogP contribution in [0.25, 0.3) is 0 Å². The molecule has 5 heteroatoms. The van der Waals surface area contributed by atoms with Gasteiger partial charge in [0.15, 0.2) is 11.9 Å². The largest absolute Gasteiger partial charge is 0.479 e. The van der Waals surface area contributed by atoms with E-state index in [1.807, 2.05) is 0 Å². The van der Waals surface area contributed by atoms with Gasteiger partial charge in [0.05, 0.1) is 6.10 Å². The molecule has 4 atom stereocenters. The lowest BCUT2D eigenvalue weighted by molar-refractivity contribution is -0.192. The molecule has 0 aliphatic carbocycles. The van der Waals surface area contributed by atoms with Crippen LogP contribution in [0.5, 0.6) is 0 Å². The molecule has 0 aromatic heterocycles. The number of hydrogen-bond acceptors (Lipinski definition) is 4. The molecule has 80 valence electrons. The number of hydrogen-bond donors (Lipinski definition) is 1. The van der Waals surface area contributed by atoms with Gasteiger partial charge in [-0.1, -0.05) is 0 Å². The van der Waals surface area contributed by atoms with Crippen molar-refractivity contribution < 1.29 is 24.1 Å². The van der Waals surface area contributed by atoms with E-state index in [9.17, 15) is 4.79 Å². The number of fused-ring (bicyclic) bond motifs is 1. The van der Waals surface area contributed by atoms with Crippen molar-refractivity contribution in [1.82, 2.24) is 0 Å². The zero-order valence-corrected chi connectivity index (χ0v) is 8.39. The van der Waals surface area contributed by atoms with Crippen molar-refractivity contribution in [1.29, 1.82) is 0 Å². The highest BCUT2D eigenvalue weighted by Crippen LogP contribution is 2.38. The molecule has 0 aromatic carbocycles. The highest BCUT2D eigenvalue weighted by molar-refractivity contribution is 5.73. The van der Waals surface area contributed by atoms with Gasteiger partial charge in [-0.3, -0.25) is 0 Å². The molecule has 2 unspecified atom stereocenters. The van der Waals surface area contributed by atoms with Crippen LogP contribution in [0.2, 0.25) is 0 Å². The lowest BCUT2D eigenvalue weighted by Gasteiger charge is -2.21. The minimum atomic E-state index is -0.995. The van der Waals surface area contributed by atoms with Crippen LogP contribution in [-0.4, -0.2) is 41.3 Å². The average Bonchev–Trinajstić information content (AvgIpc) is 2.47. The second-order valence-corrected chi connectivity index (χ2v) is 4.16. The first-order valence-electron chi connectivity index (χ1n) is 4.64. The van der Waals surface area contributed by atoms with Gasteiger partial charge in [-0.05, 0) is 20.8 Å². The molecule has 1 N–H and O–H groups in total. The first kappa shape index (κ1) is 9.89. The Bertz CT molecular complexity index is 262. The SMILES string of the molecule is C[C@@H]1O[C@H](C(=O)O)C2OC(C)(C)OC21. The third-order valence-corrected chi connectivity index (χ3v) is 2.53. The van der Waals surface area contributed by atoms with Crippen molar-refractivity contribution in [2.75, 3.05) is 0 Å². The molecule has 14 heavy (non-hydrogen) atoms. The maximum Gasteiger partial charge on any atom is 0.335 e. The van der Waals surface area contributed by atoms with Crippen LogP contribution in [0.3, 0.4) is 0 Å². The lowest BCUT2D eigenvalue weighted by Crippen LogP contribution is -2.35. The first-order valence-corrected chi connectivity index (χ1v) is 4.64. The summed E-state index contributed by atoms with van der Waals surface area (Å²) in [6.45, 7) is 5.35. The van der Waals surface area contributed by atoms with Crippen molar-refractivity contribution >= 4 is 5.97 Å². The molecule has 5 nitrogen and oxygen atoms in total. The molecule has 0 bridgehead atoms. The van der Waals surface area contributed by atoms with Gasteiger partial charge in [0.1, 0.15) is 12.2 Å². The van der Waals surface area contributed by atoms with E-state index in [-0.39, 0.29) is 12.2 Å². The van der Waals surface area contributed by atoms with E-state index in [0.717, 1.165) is 0 Å². The van der Waals surface area contributed by atoms with Crippen LogP contribution in [0, 0.1) is 0 Å². The van der Waals surface area contributed by atoms with E-state index in [0.29, 0.717) is 0 Å². The standard InChI is InChI=1S/C9H14O5/c1-4-5-6(7(12-4)8(10)11)14-9(2,3)13-5/h4-7H,1-3H3,(H,10,11)/t4-,5?,6?,7-/m0/s1. The summed E-state index contributed by atoms with van der Waals surface area (Å²) in [5, 5.41) is 8.89. The van der Waals surface area contributed by atoms with Gasteiger partial charge in [0, 0.05) is 0 Å². The smallest absolute Gasteiger partial charge is 0.335 e. The fraction of sp³-hybridized carbons (Fsp3) is 0.889. The molecule has 2 fully saturated rings. The van der Waals surface area contributed by atoms with Gasteiger partial charge in [-0.2, -0.15) is 0 Å². The Hall–Kier alpha value is -0.650. The Labute approximate surface area is 81.9 Å². The fourth-order valence-electron chi connectivity index (χ4n) is 2.00. The zero-order valence-electron chi connectivity index (χ0n) is 8.39. The normalized spacial score (nSPS) is 45.1. The van der Waals surface area contributed by atoms with E-state index in [1.165, 1.54) is 0 Å². The lowest BCUT2D eigenvalue weighted by atomic mass is 10.1. The van der Waals surface area contributed by atoms with E-state index in [2.05, 4.69) is 0 Å². The molecule has 0 spiro atoms. The van der Waals surface area contributed by atoms with Crippen molar-refractivity contribution in [3.8, 4) is 0 Å². The Morgan fingerprint density at radius 1 is 1.29 bits per heavy atom. The number of aliphatic carboxylic acids is 1. The number of ether oxygens (including phenoxy) is 3. The summed E-state index contributed by atoms with van der Waals surface area (Å²) in [5.41, 5.74) is 0. The summed E-state index contributed by atoms with van der Waals surface area (Å²) < 4.78 is 16.3. The molecule has 0 amide bonds. The maximum absolute atomic E-state index is 10.8. The minimum absolute atomic E-state index is 0.233. The van der Waals surface area contributed by atoms with Gasteiger partial charge in [0.2, 0.25) is 0 Å². The molecule has 2 aliphatic rings. The number of carboxylic acid groups (broad SMARTS) is 1. The second-order valence-electron chi connectivity index (χ2n) is 4.16. The maximum atomic E-state index is 10.8. The average molecular weight is 202 g/mol. The summed E-state index contributed by atoms with van der Waals surface area (Å²) in [6.07, 6.45) is -1.90. The van der Waals surface area contributed by atoms with Crippen molar-refractivity contribution in [2.24, 2.45) is 0 Å². The van der Waals surface area contributed by atoms with Crippen molar-refractivity contribution in [3.63, 3.8) is 0 Å². The Kier molecular flexibility index (Phi) is 2.06. The van der Waals surface area contributed by atoms with Crippen LogP contribution in [-0.2, 0) is 19.0 Å². The summed E-state index contributed by atoms with van der Waals surface area (Å²) in [7, 11) is 0. The monoisotopic (exact) mass is 202 g/mol. The quantitative estimate of drug-likeness (QED) is 0.665. The molecule has 2 saturated heterocycles. The van der Waals surface area contributed by atoms with E-state index in [4.69, 9.17) is 19.3 Å². The summed E-state index contributed by atoms with van der Waals surface area (Å²) in [5.74, 6) is -1.70. The number of carbonyl (C=O) groups is 1. The summed E-state index contributed by atoms with van der Waals surface area (Å²) in [4.78, 5) is 10.8. The van der Waals surface area contributed by atoms with E-state index < -0.39 is 24.0 Å². The van der Waals surface area contributed by atoms with Gasteiger partial charge in [0.25, 0.3) is 0 Å². The first-order chi connectivity index (χ1) is 6.41. The van der Waals surface area contributed by atoms with E-state index >= 15 is 0 Å². The predicted octanol–water partition coefficient (Wildman–Crippen LogP) is 0.378. The predicted molar refractivity (Wildman–Crippen MR) is 45.8 cm³/mol. The molecule has 2 aliphatic heterocycles. The molecular formula is C9H14O5. The topological polar surface area (TPSA) is 65.0 Å². The van der Waals surface area contributed by atoms with Crippen LogP contribution in [0.4, 0.5) is 0 Å². The van der Waals surface area contributed by atoms with Gasteiger partial charge in [-0.15, -0.1) is 0 Å². The summed E-state index contributed by atoms with van der Waals surface area (Å²) in [6, 6.07) is 0. The highest BCUT2D eigenvalue weighted by atomic mass is 16.8. The fourth-order valence-corrected chi connectivity index (χ4v) is 2.00. The second kappa shape index (κ2) is 2.92. The third kappa shape index (κ3) is 1.41. The minimum Gasteiger partial charge on any atom is -0.479 e. The van der Waals surface area contributed by atoms with Crippen LogP contribution < -0.4 is 0 Å². The van der Waals surface area contributed by atoms with Crippen LogP contribution >= 0.6 is 0 Å². The summed E-state index contributed by atoms with van der Waals surface area (Å²) >= 11 is 0. The molecule has 0 radical (unpaired) electrons. The Balaban J connectivity index is 2.19. The van der Waals surface area contributed by atoms with Gasteiger partial charge < -0.3 is 19.3 Å². The van der Waals surface area contributed by atoms with Gasteiger partial charge in [-0.25, -0.2) is 4.79 Å². The molecule has 2 rings (SSSR count). The highest BCUT2D eigenvalue weighted by Gasteiger charge is 2.56. The molecule has 0 aromatic rings. The Morgan fingerprint density at radius 2 is 1.86 bits per heavy atom. The van der Waals surface area contributed by atoms with Crippen LogP contribution in [0.15, 0.2) is 0 Å². The molecular weight excluding hydrogens is 188 g/mol.